The van der Waals surface area contributed by atoms with Gasteiger partial charge in [0, 0.05) is 5.69 Å². The van der Waals surface area contributed by atoms with Gasteiger partial charge in [0.25, 0.3) is 0 Å². The topological polar surface area (TPSA) is 83.0 Å². The third kappa shape index (κ3) is 3.98. The number of rotatable bonds is 7. The van der Waals surface area contributed by atoms with Crippen LogP contribution in [0.2, 0.25) is 0 Å². The van der Waals surface area contributed by atoms with E-state index in [1.165, 1.54) is 5.56 Å². The van der Waals surface area contributed by atoms with Crippen LogP contribution in [-0.2, 0) is 4.74 Å². The minimum absolute atomic E-state index is 0.276. The van der Waals surface area contributed by atoms with E-state index in [0.717, 1.165) is 30.5 Å². The van der Waals surface area contributed by atoms with E-state index in [4.69, 9.17) is 20.4 Å². The van der Waals surface area contributed by atoms with Crippen LogP contribution in [-0.4, -0.2) is 27.1 Å². The summed E-state index contributed by atoms with van der Waals surface area (Å²) in [4.78, 5) is 22.5. The van der Waals surface area contributed by atoms with Crippen molar-refractivity contribution in [1.82, 2.24) is 14.5 Å². The van der Waals surface area contributed by atoms with Crippen molar-refractivity contribution in [2.24, 2.45) is 0 Å². The number of carbonyl (C=O) groups is 1. The lowest BCUT2D eigenvalue weighted by Gasteiger charge is -2.10. The molecule has 0 fully saturated rings. The minimum atomic E-state index is -0.458. The van der Waals surface area contributed by atoms with Crippen molar-refractivity contribution < 1.29 is 9.53 Å². The number of nitrogens with zero attached hydrogens (tertiary/aromatic N) is 3. The summed E-state index contributed by atoms with van der Waals surface area (Å²) < 4.78 is 7.32. The van der Waals surface area contributed by atoms with E-state index >= 15 is 0 Å². The van der Waals surface area contributed by atoms with Crippen LogP contribution in [0.15, 0.2) is 48.5 Å². The summed E-state index contributed by atoms with van der Waals surface area (Å²) >= 11 is 0. The average Bonchev–Trinajstić information content (AvgIpc) is 3.05. The summed E-state index contributed by atoms with van der Waals surface area (Å²) in [6.45, 7) is 6.78. The molecular formula is C25H28N4O2. The zero-order valence-corrected chi connectivity index (χ0v) is 18.3. The Balaban J connectivity index is 1.87. The van der Waals surface area contributed by atoms with E-state index in [-0.39, 0.29) is 5.56 Å². The molecule has 2 heterocycles. The first-order valence-electron chi connectivity index (χ1n) is 10.9. The lowest BCUT2D eigenvalue weighted by atomic mass is 10.0. The molecule has 6 nitrogen and oxygen atoms in total. The van der Waals surface area contributed by atoms with Gasteiger partial charge in [-0.05, 0) is 42.2 Å². The molecule has 2 N–H and O–H groups in total. The number of aromatic nitrogens is 3. The van der Waals surface area contributed by atoms with Gasteiger partial charge < -0.3 is 10.5 Å². The first-order chi connectivity index (χ1) is 15.0. The van der Waals surface area contributed by atoms with Gasteiger partial charge in [0.2, 0.25) is 0 Å². The molecule has 0 aliphatic rings. The maximum atomic E-state index is 13.0. The fourth-order valence-electron chi connectivity index (χ4n) is 3.72. The molecule has 2 aromatic heterocycles. The van der Waals surface area contributed by atoms with Crippen LogP contribution >= 0.6 is 0 Å². The molecule has 0 atom stereocenters. The van der Waals surface area contributed by atoms with Gasteiger partial charge in [-0.25, -0.2) is 14.8 Å². The van der Waals surface area contributed by atoms with Crippen LogP contribution in [0.25, 0.3) is 27.9 Å². The average molecular weight is 417 g/mol. The van der Waals surface area contributed by atoms with Crippen molar-refractivity contribution in [1.29, 1.82) is 0 Å². The lowest BCUT2D eigenvalue weighted by Crippen LogP contribution is -2.10. The molecule has 0 spiro atoms. The molecule has 0 amide bonds. The van der Waals surface area contributed by atoms with Crippen molar-refractivity contribution in [3.05, 3.63) is 59.7 Å². The molecule has 0 unspecified atom stereocenters. The zero-order valence-electron chi connectivity index (χ0n) is 18.3. The second kappa shape index (κ2) is 8.76. The largest absolute Gasteiger partial charge is 0.462 e. The molecule has 4 aromatic rings. The summed E-state index contributed by atoms with van der Waals surface area (Å²) in [5, 5.41) is 0. The van der Waals surface area contributed by atoms with Gasteiger partial charge in [-0.1, -0.05) is 57.9 Å². The highest BCUT2D eigenvalue weighted by atomic mass is 16.5. The fraction of sp³-hybridized carbons (Fsp3) is 0.320. The molecule has 31 heavy (non-hydrogen) atoms. The summed E-state index contributed by atoms with van der Waals surface area (Å²) in [5.74, 6) is 0.258. The van der Waals surface area contributed by atoms with Crippen molar-refractivity contribution in [2.45, 2.75) is 46.0 Å². The number of unbranched alkanes of at least 4 members (excludes halogenated alkanes) is 2. The molecule has 0 aliphatic carbocycles. The highest BCUT2D eigenvalue weighted by Crippen LogP contribution is 2.32. The van der Waals surface area contributed by atoms with Crippen molar-refractivity contribution in [3.63, 3.8) is 0 Å². The SMILES string of the molecule is CCCCCOC(=O)c1c(N)n(-c2ccc(C(C)C)cc2)c2nc3ccccc3nc12. The number of hydrogen-bond acceptors (Lipinski definition) is 5. The predicted octanol–water partition coefficient (Wildman–Crippen LogP) is 5.63. The fourth-order valence-corrected chi connectivity index (χ4v) is 3.72. The smallest absolute Gasteiger partial charge is 0.344 e. The Morgan fingerprint density at radius 1 is 1.03 bits per heavy atom. The zero-order chi connectivity index (χ0) is 22.0. The Hall–Kier alpha value is -3.41. The maximum absolute atomic E-state index is 13.0. The summed E-state index contributed by atoms with van der Waals surface area (Å²) in [7, 11) is 0. The minimum Gasteiger partial charge on any atom is -0.462 e. The van der Waals surface area contributed by atoms with Gasteiger partial charge >= 0.3 is 5.97 Å². The molecule has 160 valence electrons. The number of anilines is 1. The van der Waals surface area contributed by atoms with Crippen LogP contribution in [0.1, 0.15) is 61.9 Å². The Kier molecular flexibility index (Phi) is 5.89. The van der Waals surface area contributed by atoms with Crippen LogP contribution in [0, 0.1) is 0 Å². The van der Waals surface area contributed by atoms with Crippen LogP contribution in [0.4, 0.5) is 5.82 Å². The van der Waals surface area contributed by atoms with E-state index in [1.807, 2.05) is 36.4 Å². The number of benzene rings is 2. The number of carbonyl (C=O) groups excluding carboxylic acids is 1. The third-order valence-electron chi connectivity index (χ3n) is 5.50. The van der Waals surface area contributed by atoms with Gasteiger partial charge in [-0.3, -0.25) is 4.57 Å². The molecule has 4 rings (SSSR count). The van der Waals surface area contributed by atoms with E-state index in [1.54, 1.807) is 4.57 Å². The molecule has 0 saturated heterocycles. The van der Waals surface area contributed by atoms with Crippen molar-refractivity contribution in [3.8, 4) is 5.69 Å². The summed E-state index contributed by atoms with van der Waals surface area (Å²) in [5.41, 5.74) is 11.3. The number of esters is 1. The lowest BCUT2D eigenvalue weighted by molar-refractivity contribution is 0.0501. The van der Waals surface area contributed by atoms with E-state index < -0.39 is 5.97 Å². The molecule has 6 heteroatoms. The highest BCUT2D eigenvalue weighted by molar-refractivity contribution is 6.09. The predicted molar refractivity (Wildman–Crippen MR) is 125 cm³/mol. The second-order valence-electron chi connectivity index (χ2n) is 8.07. The van der Waals surface area contributed by atoms with Gasteiger partial charge in [-0.15, -0.1) is 0 Å². The monoisotopic (exact) mass is 416 g/mol. The number of fused-ring (bicyclic) bond motifs is 2. The second-order valence-corrected chi connectivity index (χ2v) is 8.07. The number of nitrogens with two attached hydrogens (primary N) is 1. The van der Waals surface area contributed by atoms with Crippen LogP contribution in [0.5, 0.6) is 0 Å². The van der Waals surface area contributed by atoms with Gasteiger partial charge in [0.1, 0.15) is 16.9 Å². The van der Waals surface area contributed by atoms with Gasteiger partial charge in [0.15, 0.2) is 5.65 Å². The number of nitrogen functional groups attached to an aromatic ring is 1. The molecule has 0 bridgehead atoms. The maximum Gasteiger partial charge on any atom is 0.344 e. The standard InChI is InChI=1S/C25H28N4O2/c1-4-5-8-15-31-25(30)21-22-24(28-20-10-7-6-9-19(20)27-22)29(23(21)26)18-13-11-17(12-14-18)16(2)3/h6-7,9-14,16H,4-5,8,15,26H2,1-3H3. The Labute approximate surface area is 182 Å². The summed E-state index contributed by atoms with van der Waals surface area (Å²) in [6.07, 6.45) is 2.89. The number of ether oxygens (including phenoxy) is 1. The first kappa shape index (κ1) is 20.8. The molecule has 2 aromatic carbocycles. The van der Waals surface area contributed by atoms with E-state index in [0.29, 0.717) is 35.0 Å². The van der Waals surface area contributed by atoms with Crippen molar-refractivity contribution in [2.75, 3.05) is 12.3 Å². The van der Waals surface area contributed by atoms with Crippen molar-refractivity contribution >= 4 is 34.0 Å². The van der Waals surface area contributed by atoms with E-state index in [9.17, 15) is 4.79 Å². The first-order valence-corrected chi connectivity index (χ1v) is 10.9. The summed E-state index contributed by atoms with van der Waals surface area (Å²) in [6, 6.07) is 15.7. The van der Waals surface area contributed by atoms with Gasteiger partial charge in [-0.2, -0.15) is 0 Å². The van der Waals surface area contributed by atoms with E-state index in [2.05, 4.69) is 32.9 Å². The molecule has 0 aliphatic heterocycles. The normalized spacial score (nSPS) is 11.5. The Morgan fingerprint density at radius 3 is 2.35 bits per heavy atom. The molecule has 0 saturated carbocycles. The van der Waals surface area contributed by atoms with Gasteiger partial charge in [0.05, 0.1) is 17.6 Å². The molecule has 0 radical (unpaired) electrons. The highest BCUT2D eigenvalue weighted by Gasteiger charge is 2.26. The Morgan fingerprint density at radius 2 is 1.71 bits per heavy atom. The number of hydrogen-bond donors (Lipinski definition) is 1. The molecular weight excluding hydrogens is 388 g/mol. The van der Waals surface area contributed by atoms with Crippen LogP contribution in [0.3, 0.4) is 0 Å². The van der Waals surface area contributed by atoms with Crippen LogP contribution < -0.4 is 5.73 Å². The quantitative estimate of drug-likeness (QED) is 0.312. The third-order valence-corrected chi connectivity index (χ3v) is 5.50. The number of para-hydroxylation sites is 2. The Bertz CT molecular complexity index is 1230.